The van der Waals surface area contributed by atoms with Crippen molar-refractivity contribution >= 4 is 16.1 Å². The van der Waals surface area contributed by atoms with Gasteiger partial charge in [-0.25, -0.2) is 0 Å². The van der Waals surface area contributed by atoms with Crippen molar-refractivity contribution in [3.63, 3.8) is 0 Å². The Hall–Kier alpha value is -2.03. The summed E-state index contributed by atoms with van der Waals surface area (Å²) in [5.74, 6) is 0.335. The summed E-state index contributed by atoms with van der Waals surface area (Å²) in [6.07, 6.45) is 6.12. The minimum atomic E-state index is -5.67. The summed E-state index contributed by atoms with van der Waals surface area (Å²) in [7, 11) is -5.67. The van der Waals surface area contributed by atoms with Crippen LogP contribution in [0.1, 0.15) is 68.6 Å². The van der Waals surface area contributed by atoms with Gasteiger partial charge in [0.05, 0.1) is 6.61 Å². The lowest BCUT2D eigenvalue weighted by molar-refractivity contribution is -0.143. The highest BCUT2D eigenvalue weighted by Gasteiger charge is 2.56. The number of esters is 1. The zero-order valence-corrected chi connectivity index (χ0v) is 19.6. The fraction of sp³-hybridized carbons (Fsp3) is 0.625. The van der Waals surface area contributed by atoms with Gasteiger partial charge in [0.15, 0.2) is 0 Å². The molecule has 9 heteroatoms. The minimum absolute atomic E-state index is 0.0475. The van der Waals surface area contributed by atoms with Crippen molar-refractivity contribution in [2.24, 2.45) is 17.3 Å². The summed E-state index contributed by atoms with van der Waals surface area (Å²) in [4.78, 5) is 11.7. The van der Waals surface area contributed by atoms with E-state index in [-0.39, 0.29) is 29.5 Å². The van der Waals surface area contributed by atoms with Gasteiger partial charge in [0.2, 0.25) is 0 Å². The number of ether oxygens (including phenoxy) is 1. The molecule has 0 aromatic heterocycles. The quantitative estimate of drug-likeness (QED) is 0.306. The van der Waals surface area contributed by atoms with E-state index in [0.29, 0.717) is 32.3 Å². The molecule has 4 atom stereocenters. The maximum Gasteiger partial charge on any atom is 0.534 e. The predicted octanol–water partition coefficient (Wildman–Crippen LogP) is 5.40. The number of halogens is 3. The molecule has 0 N–H and O–H groups in total. The summed E-state index contributed by atoms with van der Waals surface area (Å²) >= 11 is 0. The standard InChI is InChI=1S/C24H29F3O5S/c1-3-31-22(28)11-5-15-4-7-17-16(14-15)6-8-19-18(17)12-13-23(2)20(19)9-10-21(23)32-33(29,30)24(25,26)27/h4,7,10,14,18-20H,3,5-6,8-9,11-13H2,1-2H3. The molecule has 0 spiro atoms. The van der Waals surface area contributed by atoms with Crippen LogP contribution in [-0.4, -0.2) is 26.5 Å². The number of rotatable bonds is 6. The minimum Gasteiger partial charge on any atom is -0.466 e. The molecule has 3 aliphatic rings. The van der Waals surface area contributed by atoms with Gasteiger partial charge in [-0.05, 0) is 86.0 Å². The second-order valence-electron chi connectivity index (χ2n) is 9.50. The van der Waals surface area contributed by atoms with Gasteiger partial charge in [-0.2, -0.15) is 21.6 Å². The fourth-order valence-corrected chi connectivity index (χ4v) is 6.68. The van der Waals surface area contributed by atoms with Crippen molar-refractivity contribution in [1.82, 2.24) is 0 Å². The number of aryl methyl sites for hydroxylation is 2. The first-order valence-electron chi connectivity index (χ1n) is 11.4. The van der Waals surface area contributed by atoms with Crippen LogP contribution in [0.15, 0.2) is 30.0 Å². The number of hydrogen-bond acceptors (Lipinski definition) is 5. The third-order valence-electron chi connectivity index (χ3n) is 7.71. The highest BCUT2D eigenvalue weighted by Crippen LogP contribution is 2.61. The molecule has 0 amide bonds. The lowest BCUT2D eigenvalue weighted by Crippen LogP contribution is -2.42. The molecular weight excluding hydrogens is 457 g/mol. The molecule has 0 aliphatic heterocycles. The number of hydrogen-bond donors (Lipinski definition) is 0. The lowest BCUT2D eigenvalue weighted by atomic mass is 9.55. The summed E-state index contributed by atoms with van der Waals surface area (Å²) in [5, 5.41) is 0. The first-order valence-corrected chi connectivity index (χ1v) is 12.9. The van der Waals surface area contributed by atoms with E-state index in [4.69, 9.17) is 4.74 Å². The highest BCUT2D eigenvalue weighted by molar-refractivity contribution is 7.87. The van der Waals surface area contributed by atoms with Gasteiger partial charge in [0, 0.05) is 11.8 Å². The number of alkyl halides is 3. The van der Waals surface area contributed by atoms with E-state index in [9.17, 15) is 26.4 Å². The maximum atomic E-state index is 12.9. The Balaban J connectivity index is 1.49. The molecule has 0 radical (unpaired) electrons. The van der Waals surface area contributed by atoms with Gasteiger partial charge < -0.3 is 8.92 Å². The van der Waals surface area contributed by atoms with Gasteiger partial charge in [-0.1, -0.05) is 25.1 Å². The van der Waals surface area contributed by atoms with E-state index in [1.165, 1.54) is 11.1 Å². The Labute approximate surface area is 192 Å². The van der Waals surface area contributed by atoms with Crippen LogP contribution in [0, 0.1) is 17.3 Å². The van der Waals surface area contributed by atoms with E-state index in [0.717, 1.165) is 24.8 Å². The Bertz CT molecular complexity index is 1060. The zero-order valence-electron chi connectivity index (χ0n) is 18.8. The average molecular weight is 487 g/mol. The maximum absolute atomic E-state index is 12.9. The second-order valence-corrected chi connectivity index (χ2v) is 11.0. The van der Waals surface area contributed by atoms with Crippen molar-refractivity contribution in [3.8, 4) is 0 Å². The Morgan fingerprint density at radius 2 is 2.00 bits per heavy atom. The highest BCUT2D eigenvalue weighted by atomic mass is 32.2. The van der Waals surface area contributed by atoms with Gasteiger partial charge in [-0.3, -0.25) is 4.79 Å². The van der Waals surface area contributed by atoms with E-state index in [1.54, 1.807) is 13.0 Å². The Morgan fingerprint density at radius 3 is 2.70 bits per heavy atom. The first-order chi connectivity index (χ1) is 15.5. The van der Waals surface area contributed by atoms with Crippen LogP contribution >= 0.6 is 0 Å². The summed E-state index contributed by atoms with van der Waals surface area (Å²) in [6.45, 7) is 4.00. The van der Waals surface area contributed by atoms with E-state index in [1.807, 2.05) is 13.0 Å². The summed E-state index contributed by atoms with van der Waals surface area (Å²) < 4.78 is 71.5. The summed E-state index contributed by atoms with van der Waals surface area (Å²) in [6, 6.07) is 6.34. The molecule has 0 bridgehead atoms. The van der Waals surface area contributed by atoms with Crippen LogP contribution in [0.3, 0.4) is 0 Å². The molecule has 4 rings (SSSR count). The zero-order chi connectivity index (χ0) is 24.0. The lowest BCUT2D eigenvalue weighted by Gasteiger charge is -2.49. The van der Waals surface area contributed by atoms with Gasteiger partial charge in [0.25, 0.3) is 0 Å². The molecule has 3 aliphatic carbocycles. The molecule has 1 aromatic rings. The number of allylic oxidation sites excluding steroid dienone is 2. The van der Waals surface area contributed by atoms with Crippen LogP contribution in [0.25, 0.3) is 0 Å². The average Bonchev–Trinajstić information content (AvgIpc) is 3.07. The second kappa shape index (κ2) is 8.64. The SMILES string of the molecule is CCOC(=O)CCc1ccc2c(c1)CCC1C2CCC2(C)C(OS(=O)(=O)C(F)(F)F)=CCC12. The molecule has 1 saturated carbocycles. The van der Waals surface area contributed by atoms with Crippen molar-refractivity contribution in [2.75, 3.05) is 6.61 Å². The largest absolute Gasteiger partial charge is 0.534 e. The topological polar surface area (TPSA) is 69.7 Å². The van der Waals surface area contributed by atoms with Crippen molar-refractivity contribution < 1.29 is 35.3 Å². The smallest absolute Gasteiger partial charge is 0.466 e. The Kier molecular flexibility index (Phi) is 6.31. The van der Waals surface area contributed by atoms with Crippen LogP contribution in [0.2, 0.25) is 0 Å². The van der Waals surface area contributed by atoms with Gasteiger partial charge in [-0.15, -0.1) is 0 Å². The van der Waals surface area contributed by atoms with Gasteiger partial charge in [0.1, 0.15) is 5.76 Å². The van der Waals surface area contributed by atoms with Crippen LogP contribution in [0.4, 0.5) is 13.2 Å². The predicted molar refractivity (Wildman–Crippen MR) is 116 cm³/mol. The normalized spacial score (nSPS) is 28.9. The molecular formula is C24H29F3O5S. The number of fused-ring (bicyclic) bond motifs is 5. The molecule has 1 fully saturated rings. The molecule has 5 nitrogen and oxygen atoms in total. The van der Waals surface area contributed by atoms with E-state index in [2.05, 4.69) is 16.3 Å². The van der Waals surface area contributed by atoms with E-state index >= 15 is 0 Å². The molecule has 33 heavy (non-hydrogen) atoms. The van der Waals surface area contributed by atoms with Crippen LogP contribution < -0.4 is 0 Å². The van der Waals surface area contributed by atoms with E-state index < -0.39 is 21.0 Å². The van der Waals surface area contributed by atoms with Crippen LogP contribution in [0.5, 0.6) is 0 Å². The monoisotopic (exact) mass is 486 g/mol. The number of carbonyl (C=O) groups is 1. The molecule has 0 heterocycles. The van der Waals surface area contributed by atoms with Crippen molar-refractivity contribution in [1.29, 1.82) is 0 Å². The number of benzene rings is 1. The molecule has 4 unspecified atom stereocenters. The third-order valence-corrected chi connectivity index (χ3v) is 8.67. The Morgan fingerprint density at radius 1 is 1.24 bits per heavy atom. The first kappa shape index (κ1) is 24.1. The molecule has 0 saturated heterocycles. The fourth-order valence-electron chi connectivity index (χ4n) is 6.09. The molecule has 1 aromatic carbocycles. The number of carbonyl (C=O) groups excluding carboxylic acids is 1. The van der Waals surface area contributed by atoms with Gasteiger partial charge >= 0.3 is 21.6 Å². The molecule has 182 valence electrons. The third kappa shape index (κ3) is 4.40. The van der Waals surface area contributed by atoms with Crippen molar-refractivity contribution in [3.05, 3.63) is 46.7 Å². The van der Waals surface area contributed by atoms with Crippen molar-refractivity contribution in [2.45, 2.75) is 70.2 Å². The van der Waals surface area contributed by atoms with Crippen LogP contribution in [-0.2, 0) is 36.7 Å². The summed E-state index contributed by atoms with van der Waals surface area (Å²) in [5.41, 5.74) is -2.52.